The van der Waals surface area contributed by atoms with Gasteiger partial charge in [0.15, 0.2) is 0 Å². The minimum Gasteiger partial charge on any atom is -0.321 e. The fourth-order valence-electron chi connectivity index (χ4n) is 2.71. The summed E-state index contributed by atoms with van der Waals surface area (Å²) in [6.45, 7) is 0. The zero-order chi connectivity index (χ0) is 14.3. The second kappa shape index (κ2) is 4.74. The average molecular weight is 279 g/mol. The van der Waals surface area contributed by atoms with Crippen LogP contribution < -0.4 is 5.73 Å². The third-order valence-corrected chi connectivity index (χ3v) is 3.71. The number of benzene rings is 1. The predicted octanol–water partition coefficient (Wildman–Crippen LogP) is 3.87. The van der Waals surface area contributed by atoms with E-state index in [0.717, 1.165) is 18.2 Å². The van der Waals surface area contributed by atoms with Gasteiger partial charge in [-0.15, -0.1) is 0 Å². The fraction of sp³-hybridized carbons (Fsp3) is 0.538. The average Bonchev–Trinajstić information content (AvgIpc) is 2.31. The van der Waals surface area contributed by atoms with Gasteiger partial charge in [-0.05, 0) is 37.5 Å². The van der Waals surface area contributed by atoms with Crippen molar-refractivity contribution < 1.29 is 22.0 Å². The summed E-state index contributed by atoms with van der Waals surface area (Å²) in [4.78, 5) is 0. The van der Waals surface area contributed by atoms with Crippen LogP contribution in [0.1, 0.15) is 31.2 Å². The zero-order valence-electron chi connectivity index (χ0n) is 10.1. The van der Waals surface area contributed by atoms with Gasteiger partial charge in [-0.1, -0.05) is 6.42 Å². The molecule has 1 saturated carbocycles. The quantitative estimate of drug-likeness (QED) is 0.776. The maximum atomic E-state index is 13.7. The minimum atomic E-state index is -4.35. The highest BCUT2D eigenvalue weighted by atomic mass is 19.4. The van der Waals surface area contributed by atoms with Gasteiger partial charge in [0.2, 0.25) is 0 Å². The predicted molar refractivity (Wildman–Crippen MR) is 60.2 cm³/mol. The third-order valence-electron chi connectivity index (χ3n) is 3.71. The Hall–Kier alpha value is -1.17. The van der Waals surface area contributed by atoms with Crippen LogP contribution in [0.5, 0.6) is 0 Å². The van der Waals surface area contributed by atoms with E-state index in [4.69, 9.17) is 5.73 Å². The molecule has 106 valence electrons. The van der Waals surface area contributed by atoms with E-state index >= 15 is 0 Å². The summed E-state index contributed by atoms with van der Waals surface area (Å²) < 4.78 is 65.1. The molecule has 2 N–H and O–H groups in total. The number of hydrogen-bond donors (Lipinski definition) is 1. The van der Waals surface area contributed by atoms with Crippen molar-refractivity contribution in [2.24, 2.45) is 11.7 Å². The zero-order valence-corrected chi connectivity index (χ0v) is 10.1. The van der Waals surface area contributed by atoms with Gasteiger partial charge < -0.3 is 5.73 Å². The Morgan fingerprint density at radius 3 is 2.53 bits per heavy atom. The van der Waals surface area contributed by atoms with E-state index in [1.807, 2.05) is 0 Å². The van der Waals surface area contributed by atoms with E-state index in [9.17, 15) is 22.0 Å². The third kappa shape index (κ3) is 2.88. The van der Waals surface area contributed by atoms with E-state index in [2.05, 4.69) is 0 Å². The molecule has 1 aliphatic rings. The molecule has 0 radical (unpaired) electrons. The van der Waals surface area contributed by atoms with Crippen LogP contribution in [0.15, 0.2) is 18.2 Å². The van der Waals surface area contributed by atoms with Crippen LogP contribution in [0.3, 0.4) is 0 Å². The lowest BCUT2D eigenvalue weighted by atomic mass is 9.72. The first-order chi connectivity index (χ1) is 8.72. The van der Waals surface area contributed by atoms with Crippen molar-refractivity contribution >= 4 is 0 Å². The number of alkyl halides is 3. The number of halogens is 5. The Morgan fingerprint density at radius 2 is 1.89 bits per heavy atom. The second-order valence-corrected chi connectivity index (χ2v) is 5.12. The van der Waals surface area contributed by atoms with E-state index in [0.29, 0.717) is 0 Å². The van der Waals surface area contributed by atoms with Crippen LogP contribution in [0.4, 0.5) is 22.0 Å². The molecule has 0 saturated heterocycles. The Bertz CT molecular complexity index is 471. The molecule has 0 amide bonds. The minimum absolute atomic E-state index is 0.0145. The normalized spacial score (nSPS) is 28.4. The van der Waals surface area contributed by atoms with Crippen LogP contribution in [-0.4, -0.2) is 6.18 Å². The summed E-state index contributed by atoms with van der Waals surface area (Å²) in [5.74, 6) is -3.02. The molecular formula is C13H14F5N. The fourth-order valence-corrected chi connectivity index (χ4v) is 2.71. The van der Waals surface area contributed by atoms with Crippen LogP contribution in [0.2, 0.25) is 0 Å². The van der Waals surface area contributed by atoms with E-state index < -0.39 is 35.7 Å². The van der Waals surface area contributed by atoms with Crippen molar-refractivity contribution in [3.63, 3.8) is 0 Å². The summed E-state index contributed by atoms with van der Waals surface area (Å²) >= 11 is 0. The molecule has 0 aromatic heterocycles. The van der Waals surface area contributed by atoms with E-state index in [1.54, 1.807) is 0 Å². The molecule has 0 aliphatic heterocycles. The smallest absolute Gasteiger partial charge is 0.321 e. The largest absolute Gasteiger partial charge is 0.391 e. The highest BCUT2D eigenvalue weighted by Gasteiger charge is 2.47. The Balaban J connectivity index is 2.34. The Morgan fingerprint density at radius 1 is 1.21 bits per heavy atom. The lowest BCUT2D eigenvalue weighted by Gasteiger charge is -2.39. The molecule has 1 aliphatic carbocycles. The van der Waals surface area contributed by atoms with Gasteiger partial charge in [-0.2, -0.15) is 13.2 Å². The molecule has 1 nitrogen and oxygen atoms in total. The first-order valence-corrected chi connectivity index (χ1v) is 6.03. The molecule has 1 aromatic carbocycles. The van der Waals surface area contributed by atoms with Gasteiger partial charge >= 0.3 is 6.18 Å². The second-order valence-electron chi connectivity index (χ2n) is 5.12. The van der Waals surface area contributed by atoms with Crippen molar-refractivity contribution in [3.05, 3.63) is 35.4 Å². The van der Waals surface area contributed by atoms with Gasteiger partial charge in [0, 0.05) is 11.1 Å². The SMILES string of the molecule is NC1(c2cc(F)ccc2F)CCCC(C(F)(F)F)C1. The molecule has 2 rings (SSSR count). The summed E-state index contributed by atoms with van der Waals surface area (Å²) in [6.07, 6.45) is -4.30. The molecule has 0 spiro atoms. The standard InChI is InChI=1S/C13H14F5N/c14-9-3-4-11(15)10(6-9)12(19)5-1-2-8(7-12)13(16,17)18/h3-4,6,8H,1-2,5,7,19H2. The van der Waals surface area contributed by atoms with Crippen LogP contribution in [-0.2, 0) is 5.54 Å². The molecule has 19 heavy (non-hydrogen) atoms. The number of rotatable bonds is 1. The first kappa shape index (κ1) is 14.2. The number of nitrogens with two attached hydrogens (primary N) is 1. The molecule has 2 atom stereocenters. The van der Waals surface area contributed by atoms with Crippen molar-refractivity contribution in [3.8, 4) is 0 Å². The maximum absolute atomic E-state index is 13.7. The van der Waals surface area contributed by atoms with Crippen LogP contribution in [0, 0.1) is 17.6 Å². The van der Waals surface area contributed by atoms with Crippen LogP contribution in [0.25, 0.3) is 0 Å². The Kier molecular flexibility index (Phi) is 3.55. The van der Waals surface area contributed by atoms with Crippen molar-refractivity contribution in [1.29, 1.82) is 0 Å². The molecule has 0 bridgehead atoms. The van der Waals surface area contributed by atoms with Crippen molar-refractivity contribution in [2.45, 2.75) is 37.4 Å². The monoisotopic (exact) mass is 279 g/mol. The maximum Gasteiger partial charge on any atom is 0.391 e. The molecular weight excluding hydrogens is 265 g/mol. The lowest BCUT2D eigenvalue weighted by Crippen LogP contribution is -2.45. The summed E-state index contributed by atoms with van der Waals surface area (Å²) in [5.41, 5.74) is 4.31. The van der Waals surface area contributed by atoms with Crippen molar-refractivity contribution in [1.82, 2.24) is 0 Å². The van der Waals surface area contributed by atoms with Gasteiger partial charge in [-0.3, -0.25) is 0 Å². The molecule has 6 heteroatoms. The topological polar surface area (TPSA) is 26.0 Å². The molecule has 2 unspecified atom stereocenters. The van der Waals surface area contributed by atoms with Gasteiger partial charge in [-0.25, -0.2) is 8.78 Å². The summed E-state index contributed by atoms with van der Waals surface area (Å²) in [6, 6.07) is 2.72. The Labute approximate surface area is 107 Å². The summed E-state index contributed by atoms with van der Waals surface area (Å²) in [5, 5.41) is 0. The lowest BCUT2D eigenvalue weighted by molar-refractivity contribution is -0.187. The molecule has 1 fully saturated rings. The highest BCUT2D eigenvalue weighted by Crippen LogP contribution is 2.45. The first-order valence-electron chi connectivity index (χ1n) is 6.03. The van der Waals surface area contributed by atoms with Crippen LogP contribution >= 0.6 is 0 Å². The highest BCUT2D eigenvalue weighted by molar-refractivity contribution is 5.27. The van der Waals surface area contributed by atoms with Gasteiger partial charge in [0.05, 0.1) is 5.92 Å². The summed E-state index contributed by atoms with van der Waals surface area (Å²) in [7, 11) is 0. The van der Waals surface area contributed by atoms with Crippen molar-refractivity contribution in [2.75, 3.05) is 0 Å². The number of hydrogen-bond acceptors (Lipinski definition) is 1. The van der Waals surface area contributed by atoms with Gasteiger partial charge in [0.25, 0.3) is 0 Å². The van der Waals surface area contributed by atoms with E-state index in [-0.39, 0.29) is 24.8 Å². The van der Waals surface area contributed by atoms with Gasteiger partial charge in [0.1, 0.15) is 11.6 Å². The molecule has 0 heterocycles. The van der Waals surface area contributed by atoms with E-state index in [1.165, 1.54) is 0 Å². The molecule has 1 aromatic rings.